The number of hydrogen-bond donors (Lipinski definition) is 2. The summed E-state index contributed by atoms with van der Waals surface area (Å²) >= 11 is 3.25. The second-order valence-corrected chi connectivity index (χ2v) is 5.54. The topological polar surface area (TPSA) is 80.2 Å². The summed E-state index contributed by atoms with van der Waals surface area (Å²) in [5.41, 5.74) is 3.48. The van der Waals surface area contributed by atoms with E-state index >= 15 is 0 Å². The third-order valence-electron chi connectivity index (χ3n) is 3.08. The minimum Gasteiger partial charge on any atom is -0.503 e. The zero-order valence-electron chi connectivity index (χ0n) is 13.2. The molecule has 0 saturated heterocycles. The predicted octanol–water partition coefficient (Wildman–Crippen LogP) is 3.33. The summed E-state index contributed by atoms with van der Waals surface area (Å²) < 4.78 is 11.0. The van der Waals surface area contributed by atoms with Gasteiger partial charge in [0.05, 0.1) is 30.0 Å². The van der Waals surface area contributed by atoms with Crippen molar-refractivity contribution in [3.05, 3.63) is 52.0 Å². The average Bonchev–Trinajstić information content (AvgIpc) is 2.59. The number of amides is 1. The van der Waals surface area contributed by atoms with E-state index in [2.05, 4.69) is 26.5 Å². The Morgan fingerprint density at radius 3 is 2.79 bits per heavy atom. The summed E-state index contributed by atoms with van der Waals surface area (Å²) in [6, 6.07) is 10.2. The molecule has 7 heteroatoms. The number of methoxy groups -OCH3 is 1. The van der Waals surface area contributed by atoms with Gasteiger partial charge in [-0.15, -0.1) is 0 Å². The summed E-state index contributed by atoms with van der Waals surface area (Å²) in [4.78, 5) is 12.1. The molecule has 1 amide bonds. The molecule has 0 aliphatic rings. The van der Waals surface area contributed by atoms with Crippen molar-refractivity contribution in [3.8, 4) is 17.2 Å². The zero-order valence-corrected chi connectivity index (χ0v) is 14.8. The van der Waals surface area contributed by atoms with Crippen molar-refractivity contribution in [2.45, 2.75) is 6.92 Å². The molecule has 2 N–H and O–H groups in total. The smallest absolute Gasteiger partial charge is 0.275 e. The molecule has 2 rings (SSSR count). The van der Waals surface area contributed by atoms with Crippen LogP contribution in [-0.2, 0) is 0 Å². The molecule has 6 nitrogen and oxygen atoms in total. The molecule has 24 heavy (non-hydrogen) atoms. The fraction of sp³-hybridized carbons (Fsp3) is 0.176. The SMILES string of the molecule is CCOc1cc(/C=N/NC(=O)c2ccccc2OC)cc(Br)c1O. The van der Waals surface area contributed by atoms with Crippen LogP contribution in [0.3, 0.4) is 0 Å². The Morgan fingerprint density at radius 2 is 2.08 bits per heavy atom. The van der Waals surface area contributed by atoms with Crippen LogP contribution in [0.1, 0.15) is 22.8 Å². The number of rotatable bonds is 6. The summed E-state index contributed by atoms with van der Waals surface area (Å²) in [6.07, 6.45) is 1.46. The average molecular weight is 393 g/mol. The van der Waals surface area contributed by atoms with E-state index in [1.807, 2.05) is 6.92 Å². The molecule has 0 bridgehead atoms. The number of hydrazone groups is 1. The second kappa shape index (κ2) is 8.35. The summed E-state index contributed by atoms with van der Waals surface area (Å²) in [5, 5.41) is 13.8. The molecule has 0 saturated carbocycles. The number of nitrogens with zero attached hydrogens (tertiary/aromatic N) is 1. The highest BCUT2D eigenvalue weighted by Gasteiger charge is 2.11. The Hall–Kier alpha value is -2.54. The van der Waals surface area contributed by atoms with Crippen LogP contribution < -0.4 is 14.9 Å². The monoisotopic (exact) mass is 392 g/mol. The number of para-hydroxylation sites is 1. The van der Waals surface area contributed by atoms with E-state index in [4.69, 9.17) is 9.47 Å². The van der Waals surface area contributed by atoms with Gasteiger partial charge in [-0.25, -0.2) is 5.43 Å². The van der Waals surface area contributed by atoms with Crippen molar-refractivity contribution in [2.24, 2.45) is 5.10 Å². The van der Waals surface area contributed by atoms with Crippen molar-refractivity contribution in [1.82, 2.24) is 5.43 Å². The molecule has 2 aromatic rings. The van der Waals surface area contributed by atoms with Crippen LogP contribution in [-0.4, -0.2) is 30.9 Å². The first-order valence-electron chi connectivity index (χ1n) is 7.18. The third kappa shape index (κ3) is 4.26. The molecule has 0 aromatic heterocycles. The van der Waals surface area contributed by atoms with E-state index < -0.39 is 0 Å². The maximum atomic E-state index is 12.1. The van der Waals surface area contributed by atoms with Gasteiger partial charge in [-0.2, -0.15) is 5.10 Å². The molecule has 0 aliphatic carbocycles. The standard InChI is InChI=1S/C17H17BrN2O4/c1-3-24-15-9-11(8-13(18)16(15)21)10-19-20-17(22)12-6-4-5-7-14(12)23-2/h4-10,21H,3H2,1-2H3,(H,20,22)/b19-10+. The molecule has 126 valence electrons. The van der Waals surface area contributed by atoms with Gasteiger partial charge >= 0.3 is 0 Å². The Bertz CT molecular complexity index is 762. The van der Waals surface area contributed by atoms with Crippen LogP contribution in [0.15, 0.2) is 46.0 Å². The highest BCUT2D eigenvalue weighted by Crippen LogP contribution is 2.35. The fourth-order valence-corrected chi connectivity index (χ4v) is 2.45. The van der Waals surface area contributed by atoms with Gasteiger partial charge in [0.25, 0.3) is 5.91 Å². The lowest BCUT2D eigenvalue weighted by atomic mass is 10.2. The molecule has 0 atom stereocenters. The molecule has 2 aromatic carbocycles. The summed E-state index contributed by atoms with van der Waals surface area (Å²) in [6.45, 7) is 2.24. The number of carbonyl (C=O) groups excluding carboxylic acids is 1. The quantitative estimate of drug-likeness (QED) is 0.583. The van der Waals surface area contributed by atoms with Crippen LogP contribution in [0.2, 0.25) is 0 Å². The number of ether oxygens (including phenoxy) is 2. The van der Waals surface area contributed by atoms with Gasteiger partial charge < -0.3 is 14.6 Å². The van der Waals surface area contributed by atoms with E-state index in [9.17, 15) is 9.90 Å². The van der Waals surface area contributed by atoms with Crippen LogP contribution in [0.4, 0.5) is 0 Å². The van der Waals surface area contributed by atoms with Gasteiger partial charge in [0, 0.05) is 0 Å². The van der Waals surface area contributed by atoms with Gasteiger partial charge in [0.1, 0.15) is 5.75 Å². The first kappa shape index (κ1) is 17.8. The molecule has 0 aliphatic heterocycles. The second-order valence-electron chi connectivity index (χ2n) is 4.68. The van der Waals surface area contributed by atoms with E-state index in [-0.39, 0.29) is 11.7 Å². The lowest BCUT2D eigenvalue weighted by Gasteiger charge is -2.08. The number of carbonyl (C=O) groups is 1. The fourth-order valence-electron chi connectivity index (χ4n) is 1.99. The largest absolute Gasteiger partial charge is 0.503 e. The highest BCUT2D eigenvalue weighted by atomic mass is 79.9. The molecule has 0 heterocycles. The van der Waals surface area contributed by atoms with Gasteiger partial charge in [-0.05, 0) is 52.7 Å². The summed E-state index contributed by atoms with van der Waals surface area (Å²) in [5.74, 6) is 0.444. The first-order chi connectivity index (χ1) is 11.6. The summed E-state index contributed by atoms with van der Waals surface area (Å²) in [7, 11) is 1.50. The van der Waals surface area contributed by atoms with Crippen molar-refractivity contribution < 1.29 is 19.4 Å². The van der Waals surface area contributed by atoms with Crippen LogP contribution in [0.5, 0.6) is 17.2 Å². The third-order valence-corrected chi connectivity index (χ3v) is 3.69. The molecule has 0 unspecified atom stereocenters. The van der Waals surface area contributed by atoms with Crippen LogP contribution in [0.25, 0.3) is 0 Å². The minimum absolute atomic E-state index is 0.0204. The van der Waals surface area contributed by atoms with Gasteiger partial charge in [-0.3, -0.25) is 4.79 Å². The minimum atomic E-state index is -0.383. The van der Waals surface area contributed by atoms with Gasteiger partial charge in [0.2, 0.25) is 0 Å². The number of nitrogens with one attached hydrogen (secondary N) is 1. The number of phenolic OH excluding ortho intramolecular Hbond substituents is 1. The Labute approximate surface area is 148 Å². The number of halogens is 1. The van der Waals surface area contributed by atoms with E-state index in [0.29, 0.717) is 33.7 Å². The maximum Gasteiger partial charge on any atom is 0.275 e. The van der Waals surface area contributed by atoms with Gasteiger partial charge in [0.15, 0.2) is 11.5 Å². The van der Waals surface area contributed by atoms with E-state index in [1.54, 1.807) is 36.4 Å². The number of benzene rings is 2. The Balaban J connectivity index is 2.13. The number of hydrogen-bond acceptors (Lipinski definition) is 5. The molecule has 0 radical (unpaired) electrons. The van der Waals surface area contributed by atoms with Crippen LogP contribution >= 0.6 is 15.9 Å². The number of aromatic hydroxyl groups is 1. The molecular weight excluding hydrogens is 376 g/mol. The lowest BCUT2D eigenvalue weighted by Crippen LogP contribution is -2.18. The van der Waals surface area contributed by atoms with Crippen molar-refractivity contribution in [3.63, 3.8) is 0 Å². The van der Waals surface area contributed by atoms with E-state index in [0.717, 1.165) is 0 Å². The molecular formula is C17H17BrN2O4. The highest BCUT2D eigenvalue weighted by molar-refractivity contribution is 9.10. The Kier molecular flexibility index (Phi) is 6.20. The van der Waals surface area contributed by atoms with Crippen LogP contribution in [0, 0.1) is 0 Å². The zero-order chi connectivity index (χ0) is 17.5. The van der Waals surface area contributed by atoms with Crippen molar-refractivity contribution in [2.75, 3.05) is 13.7 Å². The Morgan fingerprint density at radius 1 is 1.33 bits per heavy atom. The molecule has 0 fully saturated rings. The predicted molar refractivity (Wildman–Crippen MR) is 95.0 cm³/mol. The van der Waals surface area contributed by atoms with Crippen molar-refractivity contribution in [1.29, 1.82) is 0 Å². The maximum absolute atomic E-state index is 12.1. The normalized spacial score (nSPS) is 10.6. The van der Waals surface area contributed by atoms with Crippen molar-refractivity contribution >= 4 is 28.1 Å². The lowest BCUT2D eigenvalue weighted by molar-refractivity contribution is 0.0952. The first-order valence-corrected chi connectivity index (χ1v) is 7.97. The number of phenols is 1. The van der Waals surface area contributed by atoms with E-state index in [1.165, 1.54) is 13.3 Å². The van der Waals surface area contributed by atoms with Gasteiger partial charge in [-0.1, -0.05) is 12.1 Å². The molecule has 0 spiro atoms.